The van der Waals surface area contributed by atoms with Crippen LogP contribution in [0.25, 0.3) is 22.2 Å². The van der Waals surface area contributed by atoms with Crippen LogP contribution in [-0.2, 0) is 16.1 Å². The minimum absolute atomic E-state index is 0.118. The Hall–Kier alpha value is -2.79. The van der Waals surface area contributed by atoms with Gasteiger partial charge in [-0.25, -0.2) is 5.48 Å². The molecule has 3 aromatic rings. The van der Waals surface area contributed by atoms with Gasteiger partial charge >= 0.3 is 0 Å². The molecule has 3 rings (SSSR count). The number of benzene rings is 2. The van der Waals surface area contributed by atoms with Crippen LogP contribution < -0.4 is 10.2 Å². The highest BCUT2D eigenvalue weighted by Crippen LogP contribution is 2.32. The molecule has 130 valence electrons. The average molecular weight is 338 g/mol. The van der Waals surface area contributed by atoms with Crippen molar-refractivity contribution in [1.29, 1.82) is 0 Å². The Labute approximate surface area is 146 Å². The molecule has 0 radical (unpaired) electrons. The van der Waals surface area contributed by atoms with Crippen molar-refractivity contribution in [3.8, 4) is 17.0 Å². The van der Waals surface area contributed by atoms with E-state index >= 15 is 0 Å². The van der Waals surface area contributed by atoms with Crippen molar-refractivity contribution >= 4 is 16.8 Å². The lowest BCUT2D eigenvalue weighted by Crippen LogP contribution is -2.23. The van der Waals surface area contributed by atoms with Crippen LogP contribution in [0.5, 0.6) is 5.75 Å². The summed E-state index contributed by atoms with van der Waals surface area (Å²) in [4.78, 5) is 20.4. The number of rotatable bonds is 7. The fourth-order valence-electron chi connectivity index (χ4n) is 2.91. The SMILES string of the molecule is CCONC(=O)CCc1c(-c2ccc(OC)cc2)[nH]c2ccccc12. The molecule has 5 nitrogen and oxygen atoms in total. The fraction of sp³-hybridized carbons (Fsp3) is 0.250. The van der Waals surface area contributed by atoms with Gasteiger partial charge in [0.2, 0.25) is 5.91 Å². The van der Waals surface area contributed by atoms with E-state index in [-0.39, 0.29) is 5.91 Å². The molecule has 0 aliphatic heterocycles. The van der Waals surface area contributed by atoms with E-state index in [1.807, 2.05) is 49.4 Å². The van der Waals surface area contributed by atoms with Gasteiger partial charge in [0.25, 0.3) is 0 Å². The Bertz CT molecular complexity index is 853. The molecule has 0 atom stereocenters. The second-order valence-electron chi connectivity index (χ2n) is 5.71. The van der Waals surface area contributed by atoms with Gasteiger partial charge in [-0.15, -0.1) is 0 Å². The van der Waals surface area contributed by atoms with Crippen molar-refractivity contribution in [2.75, 3.05) is 13.7 Å². The molecule has 2 N–H and O–H groups in total. The Morgan fingerprint density at radius 1 is 1.12 bits per heavy atom. The van der Waals surface area contributed by atoms with Gasteiger partial charge < -0.3 is 9.72 Å². The number of aryl methyl sites for hydroxylation is 1. The van der Waals surface area contributed by atoms with E-state index in [0.717, 1.165) is 33.5 Å². The Morgan fingerprint density at radius 3 is 2.60 bits per heavy atom. The highest BCUT2D eigenvalue weighted by atomic mass is 16.6. The molecular formula is C20H22N2O3. The number of carbonyl (C=O) groups is 1. The van der Waals surface area contributed by atoms with Crippen LogP contribution in [0.15, 0.2) is 48.5 Å². The van der Waals surface area contributed by atoms with Crippen LogP contribution in [0.3, 0.4) is 0 Å². The number of hydrogen-bond acceptors (Lipinski definition) is 3. The first-order chi connectivity index (χ1) is 12.2. The second kappa shape index (κ2) is 7.85. The molecule has 5 heteroatoms. The maximum atomic E-state index is 11.9. The van der Waals surface area contributed by atoms with Crippen LogP contribution in [0.1, 0.15) is 18.9 Å². The van der Waals surface area contributed by atoms with Crippen molar-refractivity contribution in [2.45, 2.75) is 19.8 Å². The number of amides is 1. The summed E-state index contributed by atoms with van der Waals surface area (Å²) in [5.74, 6) is 0.699. The number of ether oxygens (including phenoxy) is 1. The van der Waals surface area contributed by atoms with Crippen LogP contribution in [0.4, 0.5) is 0 Å². The van der Waals surface area contributed by atoms with Gasteiger partial charge in [0.15, 0.2) is 0 Å². The van der Waals surface area contributed by atoms with E-state index in [1.54, 1.807) is 7.11 Å². The molecule has 1 heterocycles. The fourth-order valence-corrected chi connectivity index (χ4v) is 2.91. The molecule has 2 aromatic carbocycles. The molecule has 25 heavy (non-hydrogen) atoms. The molecule has 0 aliphatic rings. The summed E-state index contributed by atoms with van der Waals surface area (Å²) < 4.78 is 5.23. The average Bonchev–Trinajstić information content (AvgIpc) is 3.03. The predicted octanol–water partition coefficient (Wildman–Crippen LogP) is 3.84. The van der Waals surface area contributed by atoms with Crippen molar-refractivity contribution in [3.05, 3.63) is 54.1 Å². The number of carbonyl (C=O) groups excluding carboxylic acids is 1. The number of methoxy groups -OCH3 is 1. The van der Waals surface area contributed by atoms with Crippen molar-refractivity contribution in [3.63, 3.8) is 0 Å². The molecule has 0 saturated heterocycles. The Morgan fingerprint density at radius 2 is 1.88 bits per heavy atom. The van der Waals surface area contributed by atoms with Gasteiger partial charge in [-0.2, -0.15) is 0 Å². The summed E-state index contributed by atoms with van der Waals surface area (Å²) >= 11 is 0. The topological polar surface area (TPSA) is 63.4 Å². The van der Waals surface area contributed by atoms with Crippen molar-refractivity contribution < 1.29 is 14.4 Å². The minimum atomic E-state index is -0.118. The number of H-pyrrole nitrogens is 1. The smallest absolute Gasteiger partial charge is 0.243 e. The normalized spacial score (nSPS) is 10.8. The Balaban J connectivity index is 1.92. The number of fused-ring (bicyclic) bond motifs is 1. The second-order valence-corrected chi connectivity index (χ2v) is 5.71. The van der Waals surface area contributed by atoms with Gasteiger partial charge in [-0.05, 0) is 54.8 Å². The molecule has 0 saturated carbocycles. The maximum absolute atomic E-state index is 11.9. The minimum Gasteiger partial charge on any atom is -0.497 e. The lowest BCUT2D eigenvalue weighted by molar-refractivity contribution is -0.133. The van der Waals surface area contributed by atoms with Crippen molar-refractivity contribution in [1.82, 2.24) is 10.5 Å². The van der Waals surface area contributed by atoms with E-state index in [1.165, 1.54) is 0 Å². The quantitative estimate of drug-likeness (QED) is 0.643. The highest BCUT2D eigenvalue weighted by molar-refractivity contribution is 5.91. The van der Waals surface area contributed by atoms with Gasteiger partial charge in [-0.3, -0.25) is 9.63 Å². The van der Waals surface area contributed by atoms with Crippen LogP contribution in [0, 0.1) is 0 Å². The van der Waals surface area contributed by atoms with Crippen LogP contribution >= 0.6 is 0 Å². The van der Waals surface area contributed by atoms with Crippen LogP contribution in [-0.4, -0.2) is 24.6 Å². The zero-order valence-corrected chi connectivity index (χ0v) is 14.5. The summed E-state index contributed by atoms with van der Waals surface area (Å²) in [5, 5.41) is 1.14. The Kier molecular flexibility index (Phi) is 5.36. The number of hydrogen-bond donors (Lipinski definition) is 2. The van der Waals surface area contributed by atoms with E-state index in [9.17, 15) is 4.79 Å². The van der Waals surface area contributed by atoms with Crippen molar-refractivity contribution in [2.24, 2.45) is 0 Å². The molecular weight excluding hydrogens is 316 g/mol. The van der Waals surface area contributed by atoms with Gasteiger partial charge in [-0.1, -0.05) is 18.2 Å². The zero-order chi connectivity index (χ0) is 17.6. The van der Waals surface area contributed by atoms with Gasteiger partial charge in [0.05, 0.1) is 13.7 Å². The first kappa shape index (κ1) is 17.0. The number of nitrogens with one attached hydrogen (secondary N) is 2. The predicted molar refractivity (Wildman–Crippen MR) is 98.4 cm³/mol. The van der Waals surface area contributed by atoms with E-state index < -0.39 is 0 Å². The first-order valence-corrected chi connectivity index (χ1v) is 8.37. The first-order valence-electron chi connectivity index (χ1n) is 8.37. The third-order valence-electron chi connectivity index (χ3n) is 4.12. The lowest BCUT2D eigenvalue weighted by Gasteiger charge is -2.07. The maximum Gasteiger partial charge on any atom is 0.243 e. The third-order valence-corrected chi connectivity index (χ3v) is 4.12. The molecule has 1 aromatic heterocycles. The number of aromatic nitrogens is 1. The number of aromatic amines is 1. The standard InChI is InChI=1S/C20H22N2O3/c1-3-25-22-19(23)13-12-17-16-6-4-5-7-18(16)21-20(17)14-8-10-15(24-2)11-9-14/h4-11,21H,3,12-13H2,1-2H3,(H,22,23). The number of hydroxylamine groups is 1. The summed E-state index contributed by atoms with van der Waals surface area (Å²) in [6.45, 7) is 2.29. The molecule has 0 fully saturated rings. The van der Waals surface area contributed by atoms with Gasteiger partial charge in [0, 0.05) is 23.0 Å². The highest BCUT2D eigenvalue weighted by Gasteiger charge is 2.14. The zero-order valence-electron chi connectivity index (χ0n) is 14.5. The largest absolute Gasteiger partial charge is 0.497 e. The summed E-state index contributed by atoms with van der Waals surface area (Å²) in [7, 11) is 1.65. The van der Waals surface area contributed by atoms with Gasteiger partial charge in [0.1, 0.15) is 5.75 Å². The lowest BCUT2D eigenvalue weighted by atomic mass is 10.0. The molecule has 0 spiro atoms. The third kappa shape index (κ3) is 3.83. The molecule has 0 unspecified atom stereocenters. The number of para-hydroxylation sites is 1. The molecule has 0 aliphatic carbocycles. The molecule has 1 amide bonds. The summed E-state index contributed by atoms with van der Waals surface area (Å²) in [6.07, 6.45) is 0.995. The summed E-state index contributed by atoms with van der Waals surface area (Å²) in [5.41, 5.74) is 6.75. The molecule has 0 bridgehead atoms. The summed E-state index contributed by atoms with van der Waals surface area (Å²) in [6, 6.07) is 16.1. The monoisotopic (exact) mass is 338 g/mol. The van der Waals surface area contributed by atoms with E-state index in [2.05, 4.69) is 16.5 Å². The van der Waals surface area contributed by atoms with E-state index in [4.69, 9.17) is 9.57 Å². The van der Waals surface area contributed by atoms with Crippen LogP contribution in [0.2, 0.25) is 0 Å². The van der Waals surface area contributed by atoms with E-state index in [0.29, 0.717) is 19.4 Å².